The van der Waals surface area contributed by atoms with E-state index in [2.05, 4.69) is 76.1 Å². The highest BCUT2D eigenvalue weighted by atomic mass is 16.3. The Balaban J connectivity index is 1.63. The van der Waals surface area contributed by atoms with E-state index in [1.54, 1.807) is 0 Å². The highest BCUT2D eigenvalue weighted by Crippen LogP contribution is 2.40. The summed E-state index contributed by atoms with van der Waals surface area (Å²) in [5, 5.41) is 3.52. The molecule has 0 amide bonds. The fourth-order valence-corrected chi connectivity index (χ4v) is 5.22. The van der Waals surface area contributed by atoms with Gasteiger partial charge in [0, 0.05) is 45.4 Å². The average Bonchev–Trinajstić information content (AvgIpc) is 3.43. The predicted octanol–water partition coefficient (Wildman–Crippen LogP) is 8.27. The zero-order valence-electron chi connectivity index (χ0n) is 20.1. The van der Waals surface area contributed by atoms with Gasteiger partial charge in [0.05, 0.1) is 22.4 Å². The van der Waals surface area contributed by atoms with Gasteiger partial charge in [-0.2, -0.15) is 0 Å². The van der Waals surface area contributed by atoms with Crippen molar-refractivity contribution in [3.63, 3.8) is 0 Å². The second-order valence-electron chi connectivity index (χ2n) is 9.17. The normalized spacial score (nSPS) is 11.6. The lowest BCUT2D eigenvalue weighted by molar-refractivity contribution is 0.577. The summed E-state index contributed by atoms with van der Waals surface area (Å²) in [5.41, 5.74) is 9.29. The fourth-order valence-electron chi connectivity index (χ4n) is 5.22. The number of benzene rings is 3. The third-order valence-electron chi connectivity index (χ3n) is 7.07. The summed E-state index contributed by atoms with van der Waals surface area (Å²) in [4.78, 5) is 9.30. The van der Waals surface area contributed by atoms with E-state index < -0.39 is 0 Å². The molecule has 36 heavy (non-hydrogen) atoms. The minimum atomic E-state index is 0.918. The molecule has 7 rings (SSSR count). The minimum Gasteiger partial charge on any atom is -0.459 e. The molecule has 0 atom stereocenters. The maximum atomic E-state index is 6.39. The van der Waals surface area contributed by atoms with Crippen LogP contribution >= 0.6 is 0 Å². The predicted molar refractivity (Wildman–Crippen MR) is 146 cm³/mol. The first-order chi connectivity index (χ1) is 17.7. The summed E-state index contributed by atoms with van der Waals surface area (Å²) in [6, 6.07) is 31.6. The highest BCUT2D eigenvalue weighted by Gasteiger charge is 2.20. The molecule has 0 bridgehead atoms. The number of furan rings is 1. The number of para-hydroxylation sites is 1. The lowest BCUT2D eigenvalue weighted by atomic mass is 10.0. The molecule has 4 nitrogen and oxygen atoms in total. The van der Waals surface area contributed by atoms with E-state index in [1.165, 1.54) is 16.3 Å². The Labute approximate surface area is 208 Å². The molecule has 0 aliphatic heterocycles. The van der Waals surface area contributed by atoms with Gasteiger partial charge in [-0.15, -0.1) is 0 Å². The van der Waals surface area contributed by atoms with Gasteiger partial charge in [0.1, 0.15) is 5.76 Å². The van der Waals surface area contributed by atoms with Crippen LogP contribution in [-0.4, -0.2) is 14.5 Å². The number of hydrogen-bond acceptors (Lipinski definition) is 3. The molecule has 0 aliphatic rings. The molecule has 0 unspecified atom stereocenters. The first kappa shape index (κ1) is 20.7. The quantitative estimate of drug-likeness (QED) is 0.264. The Kier molecular flexibility index (Phi) is 4.55. The summed E-state index contributed by atoms with van der Waals surface area (Å²) in [5.74, 6) is 0.950. The highest BCUT2D eigenvalue weighted by molar-refractivity contribution is 6.17. The van der Waals surface area contributed by atoms with Crippen molar-refractivity contribution < 1.29 is 4.42 Å². The molecule has 4 heteroatoms. The van der Waals surface area contributed by atoms with Gasteiger partial charge in [-0.25, -0.2) is 0 Å². The molecule has 0 spiro atoms. The Morgan fingerprint density at radius 3 is 1.94 bits per heavy atom. The lowest BCUT2D eigenvalue weighted by Gasteiger charge is -2.13. The standard InChI is InChI=1S/C32H23N3O/c1-20-21(2)36-32-25(20)13-14-27-26-9-3-4-12-30(26)35(31(27)32)24-18-22(28-10-5-7-15-33-28)17-23(19-24)29-11-6-8-16-34-29/h3-19H,1-2H3. The molecule has 4 aromatic heterocycles. The van der Waals surface area contributed by atoms with Crippen LogP contribution in [0.5, 0.6) is 0 Å². The number of nitrogens with zero attached hydrogens (tertiary/aromatic N) is 3. The number of fused-ring (bicyclic) bond motifs is 5. The van der Waals surface area contributed by atoms with Crippen molar-refractivity contribution in [2.75, 3.05) is 0 Å². The SMILES string of the molecule is Cc1oc2c(ccc3c4ccccc4n(-c4cc(-c5ccccn5)cc(-c5ccccn5)c4)c32)c1C. The summed E-state index contributed by atoms with van der Waals surface area (Å²) in [6.07, 6.45) is 3.67. The molecular weight excluding hydrogens is 442 g/mol. The molecule has 0 saturated heterocycles. The van der Waals surface area contributed by atoms with Crippen LogP contribution in [0.1, 0.15) is 11.3 Å². The summed E-state index contributed by atoms with van der Waals surface area (Å²) >= 11 is 0. The first-order valence-corrected chi connectivity index (χ1v) is 12.1. The average molecular weight is 466 g/mol. The Bertz CT molecular complexity index is 1840. The van der Waals surface area contributed by atoms with E-state index in [-0.39, 0.29) is 0 Å². The summed E-state index contributed by atoms with van der Waals surface area (Å²) in [6.45, 7) is 4.16. The molecule has 3 aromatic carbocycles. The molecule has 0 fully saturated rings. The van der Waals surface area contributed by atoms with E-state index in [0.29, 0.717) is 0 Å². The van der Waals surface area contributed by atoms with E-state index in [1.807, 2.05) is 55.7 Å². The largest absolute Gasteiger partial charge is 0.459 e. The fraction of sp³-hybridized carbons (Fsp3) is 0.0625. The van der Waals surface area contributed by atoms with Crippen molar-refractivity contribution in [1.82, 2.24) is 14.5 Å². The van der Waals surface area contributed by atoms with Gasteiger partial charge in [0.15, 0.2) is 5.58 Å². The van der Waals surface area contributed by atoms with Crippen LogP contribution in [0.4, 0.5) is 0 Å². The smallest absolute Gasteiger partial charge is 0.159 e. The van der Waals surface area contributed by atoms with Crippen molar-refractivity contribution in [2.24, 2.45) is 0 Å². The maximum absolute atomic E-state index is 6.39. The Morgan fingerprint density at radius 2 is 1.28 bits per heavy atom. The Hall–Kier alpha value is -4.70. The number of hydrogen-bond donors (Lipinski definition) is 0. The molecule has 4 heterocycles. The van der Waals surface area contributed by atoms with Crippen LogP contribution < -0.4 is 0 Å². The van der Waals surface area contributed by atoms with Crippen LogP contribution in [0, 0.1) is 13.8 Å². The van der Waals surface area contributed by atoms with Crippen molar-refractivity contribution >= 4 is 32.8 Å². The topological polar surface area (TPSA) is 43.9 Å². The zero-order chi connectivity index (χ0) is 24.2. The molecule has 0 saturated carbocycles. The summed E-state index contributed by atoms with van der Waals surface area (Å²) in [7, 11) is 0. The summed E-state index contributed by atoms with van der Waals surface area (Å²) < 4.78 is 8.72. The third kappa shape index (κ3) is 3.08. The molecule has 0 aliphatic carbocycles. The van der Waals surface area contributed by atoms with Gasteiger partial charge in [0.2, 0.25) is 0 Å². The molecule has 172 valence electrons. The van der Waals surface area contributed by atoms with E-state index in [0.717, 1.165) is 56.0 Å². The second-order valence-corrected chi connectivity index (χ2v) is 9.17. The van der Waals surface area contributed by atoms with Crippen LogP contribution in [0.2, 0.25) is 0 Å². The number of aryl methyl sites for hydroxylation is 2. The van der Waals surface area contributed by atoms with Crippen molar-refractivity contribution in [2.45, 2.75) is 13.8 Å². The molecule has 0 radical (unpaired) electrons. The van der Waals surface area contributed by atoms with E-state index in [9.17, 15) is 0 Å². The van der Waals surface area contributed by atoms with Gasteiger partial charge in [-0.05, 0) is 67.9 Å². The van der Waals surface area contributed by atoms with Crippen molar-refractivity contribution in [3.8, 4) is 28.2 Å². The molecular formula is C32H23N3O. The zero-order valence-corrected chi connectivity index (χ0v) is 20.1. The number of pyridine rings is 2. The lowest BCUT2D eigenvalue weighted by Crippen LogP contribution is -1.97. The molecule has 7 aromatic rings. The molecule has 0 N–H and O–H groups in total. The van der Waals surface area contributed by atoms with Gasteiger partial charge >= 0.3 is 0 Å². The van der Waals surface area contributed by atoms with Crippen LogP contribution in [0.25, 0.3) is 61.0 Å². The van der Waals surface area contributed by atoms with E-state index >= 15 is 0 Å². The minimum absolute atomic E-state index is 0.918. The van der Waals surface area contributed by atoms with Crippen LogP contribution in [0.3, 0.4) is 0 Å². The monoisotopic (exact) mass is 465 g/mol. The number of rotatable bonds is 3. The number of aromatic nitrogens is 3. The van der Waals surface area contributed by atoms with Gasteiger partial charge in [-0.3, -0.25) is 9.97 Å². The van der Waals surface area contributed by atoms with Crippen molar-refractivity contribution in [1.29, 1.82) is 0 Å². The van der Waals surface area contributed by atoms with Crippen LogP contribution in [-0.2, 0) is 0 Å². The maximum Gasteiger partial charge on any atom is 0.159 e. The first-order valence-electron chi connectivity index (χ1n) is 12.1. The van der Waals surface area contributed by atoms with Crippen LogP contribution in [0.15, 0.2) is 108 Å². The van der Waals surface area contributed by atoms with E-state index in [4.69, 9.17) is 4.42 Å². The third-order valence-corrected chi connectivity index (χ3v) is 7.07. The van der Waals surface area contributed by atoms with Gasteiger partial charge in [-0.1, -0.05) is 42.5 Å². The van der Waals surface area contributed by atoms with Gasteiger partial charge in [0.25, 0.3) is 0 Å². The van der Waals surface area contributed by atoms with Crippen molar-refractivity contribution in [3.05, 3.63) is 115 Å². The van der Waals surface area contributed by atoms with Gasteiger partial charge < -0.3 is 8.98 Å². The Morgan fingerprint density at radius 1 is 0.639 bits per heavy atom. The second kappa shape index (κ2) is 7.92.